The van der Waals surface area contributed by atoms with Crippen molar-refractivity contribution in [2.24, 2.45) is 4.99 Å². The summed E-state index contributed by atoms with van der Waals surface area (Å²) in [6, 6.07) is 63.7. The van der Waals surface area contributed by atoms with Crippen LogP contribution in [0.2, 0.25) is 0 Å². The van der Waals surface area contributed by atoms with Gasteiger partial charge in [-0.25, -0.2) is 4.99 Å². The lowest BCUT2D eigenvalue weighted by Gasteiger charge is -2.32. The van der Waals surface area contributed by atoms with Crippen molar-refractivity contribution in [3.63, 3.8) is 0 Å². The minimum Gasteiger partial charge on any atom is -0.455 e. The normalized spacial score (nSPS) is 15.9. The number of aliphatic imine (C=N–C) groups is 1. The molecule has 0 amide bonds. The van der Waals surface area contributed by atoms with Crippen molar-refractivity contribution in [2.75, 3.05) is 0 Å². The molecule has 57 heavy (non-hydrogen) atoms. The Hall–Kier alpha value is -7.41. The first kappa shape index (κ1) is 31.9. The van der Waals surface area contributed by atoms with Gasteiger partial charge >= 0.3 is 0 Å². The third kappa shape index (κ3) is 4.98. The van der Waals surface area contributed by atoms with Crippen LogP contribution in [0.25, 0.3) is 82.5 Å². The smallest absolute Gasteiger partial charge is 0.159 e. The van der Waals surface area contributed by atoms with E-state index in [-0.39, 0.29) is 12.3 Å². The van der Waals surface area contributed by atoms with Crippen molar-refractivity contribution >= 4 is 71.5 Å². The molecule has 2 atom stereocenters. The van der Waals surface area contributed by atoms with Gasteiger partial charge in [0.1, 0.15) is 34.9 Å². The fraction of sp³-hybridized carbons (Fsp3) is 0.0392. The molecule has 0 radical (unpaired) electrons. The molecule has 0 fully saturated rings. The zero-order valence-electron chi connectivity index (χ0n) is 30.7. The third-order valence-corrected chi connectivity index (χ3v) is 11.5. The van der Waals surface area contributed by atoms with E-state index in [0.29, 0.717) is 0 Å². The second-order valence-electron chi connectivity index (χ2n) is 14.7. The first-order chi connectivity index (χ1) is 28.3. The molecule has 3 aromatic heterocycles. The summed E-state index contributed by atoms with van der Waals surface area (Å²) in [6.07, 6.45) is -0.497. The number of para-hydroxylation sites is 5. The molecule has 0 bridgehead atoms. The van der Waals surface area contributed by atoms with E-state index in [1.165, 1.54) is 10.8 Å². The van der Waals surface area contributed by atoms with Crippen LogP contribution < -0.4 is 10.6 Å². The maximum absolute atomic E-state index is 6.99. The lowest BCUT2D eigenvalue weighted by molar-refractivity contribution is 0.408. The Morgan fingerprint density at radius 2 is 1.11 bits per heavy atom. The van der Waals surface area contributed by atoms with Gasteiger partial charge in [0.15, 0.2) is 5.58 Å². The standard InChI is InChI=1S/C51H34N4O2/c1-3-14-31(15-4-1)49-52-50(32-16-5-2-6-17-32)54-51(53-49)40-24-12-22-38-37-21-11-20-34(46(37)57-47(38)40)33-28-29-45-41(30-33)39-23-13-27-44(48(39)56-45)55-42-25-9-7-18-35(42)36-19-8-10-26-43(36)55/h1-30,49,51,53H,(H,52,54). The molecular weight excluding hydrogens is 701 g/mol. The lowest BCUT2D eigenvalue weighted by Crippen LogP contribution is -2.45. The van der Waals surface area contributed by atoms with Crippen molar-refractivity contribution < 1.29 is 8.83 Å². The van der Waals surface area contributed by atoms with Gasteiger partial charge in [0.25, 0.3) is 0 Å². The van der Waals surface area contributed by atoms with Crippen LogP contribution in [0.5, 0.6) is 0 Å². The average Bonchev–Trinajstić information content (AvgIpc) is 3.96. The van der Waals surface area contributed by atoms with Crippen molar-refractivity contribution in [1.29, 1.82) is 0 Å². The van der Waals surface area contributed by atoms with E-state index < -0.39 is 0 Å². The van der Waals surface area contributed by atoms with Gasteiger partial charge in [-0.2, -0.15) is 0 Å². The van der Waals surface area contributed by atoms with Crippen molar-refractivity contribution in [2.45, 2.75) is 12.3 Å². The summed E-state index contributed by atoms with van der Waals surface area (Å²) in [7, 11) is 0. The minimum absolute atomic E-state index is 0.241. The largest absolute Gasteiger partial charge is 0.455 e. The van der Waals surface area contributed by atoms with Crippen molar-refractivity contribution in [3.8, 4) is 16.8 Å². The zero-order chi connectivity index (χ0) is 37.5. The predicted octanol–water partition coefficient (Wildman–Crippen LogP) is 12.6. The Balaban J connectivity index is 0.987. The van der Waals surface area contributed by atoms with Gasteiger partial charge in [0.05, 0.1) is 16.7 Å². The van der Waals surface area contributed by atoms with E-state index in [4.69, 9.17) is 13.8 Å². The summed E-state index contributed by atoms with van der Waals surface area (Å²) in [5.41, 5.74) is 12.0. The quantitative estimate of drug-likeness (QED) is 0.185. The SMILES string of the molecule is c1ccc(C2=NC(c3ccccc3)NC(c3cccc4c3oc3c(-c5ccc6oc7c(-n8c9ccccc9c9ccccc98)cccc7c6c5)cccc34)N2)cc1. The van der Waals surface area contributed by atoms with Crippen LogP contribution in [0.15, 0.2) is 196 Å². The van der Waals surface area contributed by atoms with Gasteiger partial charge in [0.2, 0.25) is 0 Å². The molecule has 2 unspecified atom stereocenters. The number of fused-ring (bicyclic) bond motifs is 9. The van der Waals surface area contributed by atoms with Crippen molar-refractivity contribution in [3.05, 3.63) is 199 Å². The highest BCUT2D eigenvalue weighted by Gasteiger charge is 2.28. The highest BCUT2D eigenvalue weighted by Crippen LogP contribution is 2.42. The first-order valence-electron chi connectivity index (χ1n) is 19.4. The molecule has 0 saturated heterocycles. The highest BCUT2D eigenvalue weighted by molar-refractivity contribution is 6.15. The third-order valence-electron chi connectivity index (χ3n) is 11.5. The number of benzene rings is 8. The number of furan rings is 2. The van der Waals surface area contributed by atoms with E-state index in [9.17, 15) is 0 Å². The van der Waals surface area contributed by atoms with Crippen LogP contribution in [0.4, 0.5) is 0 Å². The van der Waals surface area contributed by atoms with E-state index in [2.05, 4.69) is 173 Å². The Morgan fingerprint density at radius 3 is 1.88 bits per heavy atom. The first-order valence-corrected chi connectivity index (χ1v) is 19.4. The molecule has 1 aliphatic heterocycles. The van der Waals surface area contributed by atoms with E-state index in [1.807, 2.05) is 24.3 Å². The molecule has 0 saturated carbocycles. The number of aromatic nitrogens is 1. The minimum atomic E-state index is -0.256. The monoisotopic (exact) mass is 734 g/mol. The van der Waals surface area contributed by atoms with Crippen molar-refractivity contribution in [1.82, 2.24) is 15.2 Å². The maximum atomic E-state index is 6.99. The molecule has 4 heterocycles. The molecule has 6 heteroatoms. The number of hydrogen-bond acceptors (Lipinski definition) is 5. The molecule has 12 rings (SSSR count). The second kappa shape index (κ2) is 12.6. The number of amidine groups is 1. The maximum Gasteiger partial charge on any atom is 0.159 e. The zero-order valence-corrected chi connectivity index (χ0v) is 30.7. The van der Waals surface area contributed by atoms with Crippen LogP contribution in [0, 0.1) is 0 Å². The van der Waals surface area contributed by atoms with E-state index >= 15 is 0 Å². The molecule has 6 nitrogen and oxygen atoms in total. The van der Waals surface area contributed by atoms with Gasteiger partial charge < -0.3 is 18.7 Å². The molecule has 1 aliphatic rings. The summed E-state index contributed by atoms with van der Waals surface area (Å²) < 4.78 is 16.0. The Morgan fingerprint density at radius 1 is 0.474 bits per heavy atom. The summed E-state index contributed by atoms with van der Waals surface area (Å²) in [4.78, 5) is 5.12. The van der Waals surface area contributed by atoms with Gasteiger partial charge in [0, 0.05) is 49.0 Å². The van der Waals surface area contributed by atoms with Crippen LogP contribution in [-0.2, 0) is 0 Å². The van der Waals surface area contributed by atoms with Crippen LogP contribution in [0.3, 0.4) is 0 Å². The summed E-state index contributed by atoms with van der Waals surface area (Å²) >= 11 is 0. The topological polar surface area (TPSA) is 67.6 Å². The Labute approximate surface area is 327 Å². The Bertz CT molecular complexity index is 3320. The van der Waals surface area contributed by atoms with Crippen LogP contribution >= 0.6 is 0 Å². The van der Waals surface area contributed by atoms with Gasteiger partial charge in [-0.15, -0.1) is 0 Å². The van der Waals surface area contributed by atoms with Crippen LogP contribution in [0.1, 0.15) is 29.0 Å². The molecule has 0 aliphatic carbocycles. The summed E-state index contributed by atoms with van der Waals surface area (Å²) in [6.45, 7) is 0. The summed E-state index contributed by atoms with van der Waals surface area (Å²) in [5.74, 6) is 0.837. The fourth-order valence-electron chi connectivity index (χ4n) is 8.87. The van der Waals surface area contributed by atoms with E-state index in [1.54, 1.807) is 0 Å². The predicted molar refractivity (Wildman–Crippen MR) is 232 cm³/mol. The molecule has 270 valence electrons. The summed E-state index contributed by atoms with van der Waals surface area (Å²) in [5, 5.41) is 14.2. The molecule has 8 aromatic carbocycles. The number of hydrogen-bond donors (Lipinski definition) is 2. The molecule has 2 N–H and O–H groups in total. The molecular formula is C51H34N4O2. The average molecular weight is 735 g/mol. The number of nitrogens with zero attached hydrogens (tertiary/aromatic N) is 2. The van der Waals surface area contributed by atoms with Crippen LogP contribution in [-0.4, -0.2) is 10.4 Å². The fourth-order valence-corrected chi connectivity index (χ4v) is 8.87. The molecule has 11 aromatic rings. The second-order valence-corrected chi connectivity index (χ2v) is 14.7. The lowest BCUT2D eigenvalue weighted by atomic mass is 9.99. The number of rotatable bonds is 5. The van der Waals surface area contributed by atoms with Gasteiger partial charge in [-0.1, -0.05) is 152 Å². The van der Waals surface area contributed by atoms with Gasteiger partial charge in [-0.3, -0.25) is 5.32 Å². The Kier molecular flexibility index (Phi) is 7.03. The number of nitrogens with one attached hydrogen (secondary N) is 2. The molecule has 0 spiro atoms. The highest BCUT2D eigenvalue weighted by atomic mass is 16.3. The van der Waals surface area contributed by atoms with E-state index in [0.717, 1.165) is 94.3 Å². The van der Waals surface area contributed by atoms with Gasteiger partial charge in [-0.05, 0) is 41.5 Å².